The maximum absolute atomic E-state index is 10.4. The maximum Gasteiger partial charge on any atom is 0.235 e. The molecule has 0 radical (unpaired) electrons. The highest BCUT2D eigenvalue weighted by atomic mass is 16.6. The Labute approximate surface area is 88.7 Å². The molecule has 0 spiro atoms. The summed E-state index contributed by atoms with van der Waals surface area (Å²) in [6, 6.07) is 8.75. The van der Waals surface area contributed by atoms with Gasteiger partial charge in [0.2, 0.25) is 6.04 Å². The number of hydrogen-bond donors (Lipinski definition) is 1. The van der Waals surface area contributed by atoms with E-state index >= 15 is 0 Å². The molecule has 0 aromatic heterocycles. The minimum absolute atomic E-state index is 0.423. The fraction of sp³-hybridized carbons (Fsp3) is 0.455. The van der Waals surface area contributed by atoms with Crippen LogP contribution in [0.2, 0.25) is 0 Å². The summed E-state index contributed by atoms with van der Waals surface area (Å²) in [6.45, 7) is 1.43. The van der Waals surface area contributed by atoms with Gasteiger partial charge in [0.25, 0.3) is 0 Å². The van der Waals surface area contributed by atoms with E-state index in [9.17, 15) is 15.2 Å². The highest BCUT2D eigenvalue weighted by Crippen LogP contribution is 2.08. The van der Waals surface area contributed by atoms with Crippen molar-refractivity contribution in [3.05, 3.63) is 46.0 Å². The highest BCUT2D eigenvalue weighted by Gasteiger charge is 2.23. The van der Waals surface area contributed by atoms with Crippen molar-refractivity contribution in [1.82, 2.24) is 0 Å². The molecule has 4 nitrogen and oxygen atoms in total. The first-order valence-corrected chi connectivity index (χ1v) is 4.96. The van der Waals surface area contributed by atoms with Crippen LogP contribution in [0.1, 0.15) is 18.9 Å². The third-order valence-corrected chi connectivity index (χ3v) is 2.46. The average molecular weight is 209 g/mol. The van der Waals surface area contributed by atoms with Crippen LogP contribution in [0.15, 0.2) is 30.3 Å². The molecule has 0 aliphatic heterocycles. The second-order valence-corrected chi connectivity index (χ2v) is 3.62. The molecule has 2 atom stereocenters. The predicted molar refractivity (Wildman–Crippen MR) is 57.2 cm³/mol. The number of nitrogens with zero attached hydrogens (tertiary/aromatic N) is 1. The lowest BCUT2D eigenvalue weighted by Gasteiger charge is -2.11. The topological polar surface area (TPSA) is 63.4 Å². The molecule has 82 valence electrons. The number of aliphatic hydroxyl groups is 1. The molecule has 0 bridgehead atoms. The summed E-state index contributed by atoms with van der Waals surface area (Å²) in [5.74, 6) is 0. The average Bonchev–Trinajstić information content (AvgIpc) is 2.26. The summed E-state index contributed by atoms with van der Waals surface area (Å²) in [5.41, 5.74) is 1.09. The lowest BCUT2D eigenvalue weighted by molar-refractivity contribution is -0.529. The number of benzene rings is 1. The van der Waals surface area contributed by atoms with Gasteiger partial charge in [-0.3, -0.25) is 10.1 Å². The van der Waals surface area contributed by atoms with Crippen LogP contribution in [-0.2, 0) is 6.42 Å². The van der Waals surface area contributed by atoms with Crippen LogP contribution < -0.4 is 0 Å². The summed E-state index contributed by atoms with van der Waals surface area (Å²) >= 11 is 0. The molecule has 0 heterocycles. The number of aryl methyl sites for hydroxylation is 1. The molecule has 1 unspecified atom stereocenters. The van der Waals surface area contributed by atoms with Crippen LogP contribution in [0, 0.1) is 10.1 Å². The van der Waals surface area contributed by atoms with Gasteiger partial charge in [0.05, 0.1) is 0 Å². The SMILES string of the molecule is C[C@@H](C(O)CCc1ccccc1)[N+](=O)[O-]. The molecule has 4 heteroatoms. The van der Waals surface area contributed by atoms with E-state index in [-0.39, 0.29) is 0 Å². The Morgan fingerprint density at radius 2 is 2.00 bits per heavy atom. The highest BCUT2D eigenvalue weighted by molar-refractivity contribution is 5.14. The first-order chi connectivity index (χ1) is 7.11. The van der Waals surface area contributed by atoms with Crippen molar-refractivity contribution >= 4 is 0 Å². The Morgan fingerprint density at radius 1 is 1.40 bits per heavy atom. The van der Waals surface area contributed by atoms with Gasteiger partial charge in [0.15, 0.2) is 0 Å². The van der Waals surface area contributed by atoms with Gasteiger partial charge in [0.1, 0.15) is 6.10 Å². The molecule has 1 rings (SSSR count). The van der Waals surface area contributed by atoms with Crippen molar-refractivity contribution in [2.45, 2.75) is 31.9 Å². The standard InChI is InChI=1S/C11H15NO3/c1-9(12(14)15)11(13)8-7-10-5-3-2-4-6-10/h2-6,9,11,13H,7-8H2,1H3/t9-,11?/m0/s1. The molecule has 0 fully saturated rings. The predicted octanol–water partition coefficient (Wildman–Crippen LogP) is 1.65. The summed E-state index contributed by atoms with van der Waals surface area (Å²) in [6.07, 6.45) is 0.215. The molecule has 0 amide bonds. The van der Waals surface area contributed by atoms with Crippen molar-refractivity contribution < 1.29 is 10.0 Å². The Morgan fingerprint density at radius 3 is 2.53 bits per heavy atom. The Kier molecular flexibility index (Phi) is 4.24. The lowest BCUT2D eigenvalue weighted by Crippen LogP contribution is -2.30. The molecule has 0 aliphatic carbocycles. The quantitative estimate of drug-likeness (QED) is 0.592. The first-order valence-electron chi connectivity index (χ1n) is 4.96. The van der Waals surface area contributed by atoms with Crippen molar-refractivity contribution in [2.24, 2.45) is 0 Å². The third kappa shape index (κ3) is 3.67. The maximum atomic E-state index is 10.4. The van der Waals surface area contributed by atoms with E-state index in [2.05, 4.69) is 0 Å². The van der Waals surface area contributed by atoms with E-state index in [1.54, 1.807) is 0 Å². The second-order valence-electron chi connectivity index (χ2n) is 3.62. The summed E-state index contributed by atoms with van der Waals surface area (Å²) in [5, 5.41) is 19.9. The van der Waals surface area contributed by atoms with Crippen LogP contribution in [0.4, 0.5) is 0 Å². The van der Waals surface area contributed by atoms with Gasteiger partial charge >= 0.3 is 0 Å². The largest absolute Gasteiger partial charge is 0.386 e. The van der Waals surface area contributed by atoms with E-state index < -0.39 is 17.1 Å². The third-order valence-electron chi connectivity index (χ3n) is 2.46. The number of hydrogen-bond acceptors (Lipinski definition) is 3. The van der Waals surface area contributed by atoms with Gasteiger partial charge in [0, 0.05) is 11.8 Å². The van der Waals surface area contributed by atoms with Crippen LogP contribution in [0.3, 0.4) is 0 Å². The van der Waals surface area contributed by atoms with E-state index in [4.69, 9.17) is 0 Å². The van der Waals surface area contributed by atoms with E-state index in [0.29, 0.717) is 12.8 Å². The molecular weight excluding hydrogens is 194 g/mol. The van der Waals surface area contributed by atoms with Gasteiger partial charge in [-0.15, -0.1) is 0 Å². The molecule has 1 aromatic rings. The van der Waals surface area contributed by atoms with Gasteiger partial charge in [-0.25, -0.2) is 0 Å². The van der Waals surface area contributed by atoms with E-state index in [1.165, 1.54) is 6.92 Å². The smallest absolute Gasteiger partial charge is 0.235 e. The monoisotopic (exact) mass is 209 g/mol. The fourth-order valence-electron chi connectivity index (χ4n) is 1.34. The van der Waals surface area contributed by atoms with Gasteiger partial charge in [-0.05, 0) is 18.4 Å². The number of rotatable bonds is 5. The molecule has 1 N–H and O–H groups in total. The zero-order valence-corrected chi connectivity index (χ0v) is 8.67. The lowest BCUT2D eigenvalue weighted by atomic mass is 10.0. The molecule has 15 heavy (non-hydrogen) atoms. The summed E-state index contributed by atoms with van der Waals surface area (Å²) in [7, 11) is 0. The Hall–Kier alpha value is -1.42. The van der Waals surface area contributed by atoms with Crippen LogP contribution in [0.5, 0.6) is 0 Å². The van der Waals surface area contributed by atoms with Crippen molar-refractivity contribution in [2.75, 3.05) is 0 Å². The van der Waals surface area contributed by atoms with Crippen molar-refractivity contribution in [3.8, 4) is 0 Å². The molecule has 0 saturated heterocycles. The van der Waals surface area contributed by atoms with E-state index in [1.807, 2.05) is 30.3 Å². The Balaban J connectivity index is 2.41. The van der Waals surface area contributed by atoms with Crippen LogP contribution in [-0.4, -0.2) is 22.2 Å². The molecule has 1 aromatic carbocycles. The van der Waals surface area contributed by atoms with Crippen molar-refractivity contribution in [1.29, 1.82) is 0 Å². The molecule has 0 aliphatic rings. The fourth-order valence-corrected chi connectivity index (χ4v) is 1.34. The second kappa shape index (κ2) is 5.46. The van der Waals surface area contributed by atoms with E-state index in [0.717, 1.165) is 5.56 Å². The molecule has 0 saturated carbocycles. The minimum Gasteiger partial charge on any atom is -0.386 e. The first kappa shape index (κ1) is 11.7. The molecular formula is C11H15NO3. The Bertz CT molecular complexity index is 313. The zero-order valence-electron chi connectivity index (χ0n) is 8.67. The number of nitro groups is 1. The summed E-state index contributed by atoms with van der Waals surface area (Å²) < 4.78 is 0. The van der Waals surface area contributed by atoms with Gasteiger partial charge in [-0.1, -0.05) is 30.3 Å². The van der Waals surface area contributed by atoms with Crippen LogP contribution >= 0.6 is 0 Å². The normalized spacial score (nSPS) is 14.5. The minimum atomic E-state index is -0.895. The van der Waals surface area contributed by atoms with Crippen LogP contribution in [0.25, 0.3) is 0 Å². The summed E-state index contributed by atoms with van der Waals surface area (Å²) in [4.78, 5) is 9.95. The van der Waals surface area contributed by atoms with Gasteiger partial charge < -0.3 is 5.11 Å². The number of aliphatic hydroxyl groups excluding tert-OH is 1. The van der Waals surface area contributed by atoms with Gasteiger partial charge in [-0.2, -0.15) is 0 Å². The zero-order chi connectivity index (χ0) is 11.3. The van der Waals surface area contributed by atoms with Crippen molar-refractivity contribution in [3.63, 3.8) is 0 Å².